The van der Waals surface area contributed by atoms with Crippen LogP contribution in [0, 0.1) is 0 Å². The van der Waals surface area contributed by atoms with Crippen LogP contribution in [0.1, 0.15) is 5.56 Å². The van der Waals surface area contributed by atoms with Crippen LogP contribution < -0.4 is 0 Å². The van der Waals surface area contributed by atoms with E-state index in [-0.39, 0.29) is 10.6 Å². The molecule has 0 saturated carbocycles. The second-order valence-corrected chi connectivity index (χ2v) is 5.22. The third-order valence-electron chi connectivity index (χ3n) is 2.37. The Kier molecular flexibility index (Phi) is 4.95. The fraction of sp³-hybridized carbons (Fsp3) is 0.167. The van der Waals surface area contributed by atoms with Gasteiger partial charge in [0.25, 0.3) is 0 Å². The molecule has 5 heteroatoms. The van der Waals surface area contributed by atoms with Crippen LogP contribution in [-0.2, 0) is 16.0 Å². The van der Waals surface area contributed by atoms with Crippen LogP contribution in [0.25, 0.3) is 0 Å². The Labute approximate surface area is 107 Å². The summed E-state index contributed by atoms with van der Waals surface area (Å²) in [5.74, 6) is -2.71. The van der Waals surface area contributed by atoms with Gasteiger partial charge < -0.3 is 10.2 Å². The summed E-state index contributed by atoms with van der Waals surface area (Å²) >= 11 is 0.611. The molecule has 0 aliphatic heterocycles. The van der Waals surface area contributed by atoms with Gasteiger partial charge in [0.15, 0.2) is 0 Å². The van der Waals surface area contributed by atoms with E-state index < -0.39 is 11.7 Å². The van der Waals surface area contributed by atoms with Gasteiger partial charge in [-0.3, -0.25) is 4.79 Å². The second kappa shape index (κ2) is 6.24. The molecule has 0 radical (unpaired) electrons. The van der Waals surface area contributed by atoms with E-state index in [0.717, 1.165) is 11.6 Å². The highest BCUT2D eigenvalue weighted by atomic mass is 27.0. The summed E-state index contributed by atoms with van der Waals surface area (Å²) in [5.41, 5.74) is 1.03. The van der Waals surface area contributed by atoms with Gasteiger partial charge in [0.2, 0.25) is 22.0 Å². The summed E-state index contributed by atoms with van der Waals surface area (Å²) in [5, 5.41) is 17.4. The molecule has 1 aromatic rings. The number of hydrogen-bond acceptors (Lipinski definition) is 3. The van der Waals surface area contributed by atoms with Crippen LogP contribution >= 0.6 is 0 Å². The SMILES string of the molecule is O=C(O)/C(O)=C/C(=O)[CH]([AlH2])Cc1ccccc1. The van der Waals surface area contributed by atoms with Crippen LogP contribution in [0.15, 0.2) is 42.2 Å². The molecule has 0 bridgehead atoms. The number of benzene rings is 1. The molecule has 2 N–H and O–H groups in total. The Morgan fingerprint density at radius 1 is 1.24 bits per heavy atom. The molecular weight excluding hydrogens is 235 g/mol. The maximum atomic E-state index is 11.6. The lowest BCUT2D eigenvalue weighted by Crippen LogP contribution is -2.11. The average molecular weight is 248 g/mol. The number of carbonyl (C=O) groups excluding carboxylic acids is 1. The lowest BCUT2D eigenvalue weighted by Gasteiger charge is -2.07. The van der Waals surface area contributed by atoms with Crippen LogP contribution in [0.5, 0.6) is 0 Å². The standard InChI is InChI=1S/C12H11O4.Al.2H/c13-10(8-11(14)12(15)16)7-6-9-4-2-1-3-5-9;;;/h1-5,7-8,14H,6H2,(H,15,16);;;/b11-8-;;;. The number of aliphatic carboxylic acids is 1. The molecule has 0 fully saturated rings. The van der Waals surface area contributed by atoms with E-state index in [0.29, 0.717) is 22.7 Å². The Morgan fingerprint density at radius 2 is 1.82 bits per heavy atom. The third-order valence-corrected chi connectivity index (χ3v) is 3.35. The molecule has 1 aromatic carbocycles. The number of ketones is 1. The monoisotopic (exact) mass is 248 g/mol. The predicted octanol–water partition coefficient (Wildman–Crippen LogP) is 0.746. The van der Waals surface area contributed by atoms with Crippen molar-refractivity contribution in [2.24, 2.45) is 0 Å². The molecule has 1 rings (SSSR count). The Morgan fingerprint density at radius 3 is 2.35 bits per heavy atom. The Hall–Kier alpha value is -1.57. The molecule has 0 aromatic heterocycles. The van der Waals surface area contributed by atoms with E-state index in [1.807, 2.05) is 30.3 Å². The average Bonchev–Trinajstić information content (AvgIpc) is 2.29. The van der Waals surface area contributed by atoms with Crippen LogP contribution in [-0.4, -0.2) is 38.3 Å². The quantitative estimate of drug-likeness (QED) is 0.458. The minimum absolute atomic E-state index is 0.223. The zero-order valence-corrected chi connectivity index (χ0v) is 11.5. The van der Waals surface area contributed by atoms with Crippen molar-refractivity contribution in [2.75, 3.05) is 0 Å². The van der Waals surface area contributed by atoms with E-state index in [4.69, 9.17) is 10.2 Å². The molecule has 1 unspecified atom stereocenters. The maximum Gasteiger partial charge on any atom is 0.371 e. The number of carboxylic acids is 1. The first kappa shape index (κ1) is 13.5. The first-order valence-electron chi connectivity index (χ1n) is 5.22. The van der Waals surface area contributed by atoms with Gasteiger partial charge in [-0.25, -0.2) is 4.79 Å². The fourth-order valence-electron chi connectivity index (χ4n) is 1.41. The minimum Gasteiger partial charge on any atom is -0.502 e. The van der Waals surface area contributed by atoms with E-state index >= 15 is 0 Å². The Bertz CT molecular complexity index is 439. The van der Waals surface area contributed by atoms with E-state index in [1.165, 1.54) is 0 Å². The highest BCUT2D eigenvalue weighted by molar-refractivity contribution is 6.27. The van der Waals surface area contributed by atoms with Gasteiger partial charge in [0, 0.05) is 6.08 Å². The van der Waals surface area contributed by atoms with Gasteiger partial charge >= 0.3 is 5.97 Å². The van der Waals surface area contributed by atoms with Gasteiger partial charge in [0.05, 0.1) is 0 Å². The van der Waals surface area contributed by atoms with Crippen molar-refractivity contribution in [3.05, 3.63) is 47.7 Å². The molecule has 0 amide bonds. The van der Waals surface area contributed by atoms with Crippen molar-refractivity contribution < 1.29 is 19.8 Å². The summed E-state index contributed by atoms with van der Waals surface area (Å²) in [6.45, 7) is 0. The molecule has 0 heterocycles. The predicted molar refractivity (Wildman–Crippen MR) is 65.8 cm³/mol. The summed E-state index contributed by atoms with van der Waals surface area (Å²) < 4.78 is -0.223. The van der Waals surface area contributed by atoms with Crippen LogP contribution in [0.2, 0.25) is 4.78 Å². The molecule has 0 spiro atoms. The number of aliphatic hydroxyl groups excluding tert-OH is 1. The number of carbonyl (C=O) groups is 2. The molecule has 88 valence electrons. The molecule has 4 nitrogen and oxygen atoms in total. The number of aliphatic hydroxyl groups is 1. The molecule has 0 saturated heterocycles. The lowest BCUT2D eigenvalue weighted by atomic mass is 10.1. The highest BCUT2D eigenvalue weighted by Gasteiger charge is 2.14. The fourth-order valence-corrected chi connectivity index (χ4v) is 2.05. The van der Waals surface area contributed by atoms with Gasteiger partial charge in [-0.15, -0.1) is 0 Å². The van der Waals surface area contributed by atoms with Gasteiger partial charge in [0.1, 0.15) is 5.78 Å². The zero-order valence-electron chi connectivity index (χ0n) is 9.46. The molecule has 17 heavy (non-hydrogen) atoms. The second-order valence-electron chi connectivity index (χ2n) is 3.83. The van der Waals surface area contributed by atoms with Crippen LogP contribution in [0.3, 0.4) is 0 Å². The number of rotatable bonds is 5. The van der Waals surface area contributed by atoms with E-state index in [9.17, 15) is 9.59 Å². The first-order valence-corrected chi connectivity index (χ1v) is 6.38. The number of allylic oxidation sites excluding steroid dienone is 1. The molecule has 0 aliphatic carbocycles. The highest BCUT2D eigenvalue weighted by Crippen LogP contribution is 2.12. The smallest absolute Gasteiger partial charge is 0.371 e. The van der Waals surface area contributed by atoms with E-state index in [2.05, 4.69) is 0 Å². The Balaban J connectivity index is 2.66. The summed E-state index contributed by atoms with van der Waals surface area (Å²) in [7, 11) is 0. The largest absolute Gasteiger partial charge is 0.502 e. The summed E-state index contributed by atoms with van der Waals surface area (Å²) in [6.07, 6.45) is 1.37. The van der Waals surface area contributed by atoms with Gasteiger partial charge in [-0.2, -0.15) is 0 Å². The third kappa shape index (κ3) is 4.43. The van der Waals surface area contributed by atoms with Crippen molar-refractivity contribution in [2.45, 2.75) is 11.2 Å². The summed E-state index contributed by atoms with van der Waals surface area (Å²) in [4.78, 5) is 22.0. The van der Waals surface area contributed by atoms with Gasteiger partial charge in [-0.1, -0.05) is 30.3 Å². The molecular formula is C12H13AlO4. The minimum atomic E-state index is -1.48. The van der Waals surface area contributed by atoms with Crippen molar-refractivity contribution in [3.63, 3.8) is 0 Å². The van der Waals surface area contributed by atoms with E-state index in [1.54, 1.807) is 0 Å². The van der Waals surface area contributed by atoms with Crippen molar-refractivity contribution in [3.8, 4) is 0 Å². The number of hydrogen-bond donors (Lipinski definition) is 2. The topological polar surface area (TPSA) is 74.6 Å². The zero-order chi connectivity index (χ0) is 12.8. The van der Waals surface area contributed by atoms with Crippen molar-refractivity contribution in [1.82, 2.24) is 0 Å². The van der Waals surface area contributed by atoms with Crippen molar-refractivity contribution >= 4 is 28.0 Å². The maximum absolute atomic E-state index is 11.6. The normalized spacial score (nSPS) is 13.1. The molecule has 1 atom stereocenters. The molecule has 0 aliphatic rings. The lowest BCUT2D eigenvalue weighted by molar-refractivity contribution is -0.135. The van der Waals surface area contributed by atoms with Crippen LogP contribution in [0.4, 0.5) is 0 Å². The van der Waals surface area contributed by atoms with Gasteiger partial charge in [-0.05, 0) is 16.8 Å². The summed E-state index contributed by atoms with van der Waals surface area (Å²) in [6, 6.07) is 9.50. The van der Waals surface area contributed by atoms with Crippen molar-refractivity contribution in [1.29, 1.82) is 0 Å². The first-order chi connectivity index (χ1) is 8.00. The number of carboxylic acid groups (broad SMARTS) is 1.